The molecule has 0 spiro atoms. The first-order chi connectivity index (χ1) is 12.6. The summed E-state index contributed by atoms with van der Waals surface area (Å²) in [6.07, 6.45) is 0. The summed E-state index contributed by atoms with van der Waals surface area (Å²) in [5.74, 6) is -0.607. The molecule has 0 aliphatic rings. The molecule has 0 aromatic heterocycles. The van der Waals surface area contributed by atoms with E-state index in [1.807, 2.05) is 19.9 Å². The molecule has 0 bridgehead atoms. The first-order valence-corrected chi connectivity index (χ1v) is 10.6. The highest BCUT2D eigenvalue weighted by atomic mass is 35.5. The number of carbonyl (C=O) groups excluding carboxylic acids is 1. The van der Waals surface area contributed by atoms with E-state index >= 15 is 0 Å². The SMILES string of the molecule is Cc1ccc(S(=O)(=O)N[C@H](C(=O)N[C@H](C)c2cccc(Cl)c2)C(C)C)cc1. The van der Waals surface area contributed by atoms with Crippen LogP contribution in [0.2, 0.25) is 5.02 Å². The Morgan fingerprint density at radius 2 is 1.67 bits per heavy atom. The number of nitrogens with one attached hydrogen (secondary N) is 2. The van der Waals surface area contributed by atoms with E-state index in [0.717, 1.165) is 11.1 Å². The maximum atomic E-state index is 12.7. The lowest BCUT2D eigenvalue weighted by Crippen LogP contribution is -2.50. The highest BCUT2D eigenvalue weighted by Crippen LogP contribution is 2.18. The summed E-state index contributed by atoms with van der Waals surface area (Å²) in [7, 11) is -3.81. The van der Waals surface area contributed by atoms with Crippen molar-refractivity contribution in [2.24, 2.45) is 5.92 Å². The summed E-state index contributed by atoms with van der Waals surface area (Å²) in [5.41, 5.74) is 1.81. The zero-order chi connectivity index (χ0) is 20.2. The molecule has 2 atom stereocenters. The topological polar surface area (TPSA) is 75.3 Å². The standard InChI is InChI=1S/C20H25ClN2O3S/c1-13(2)19(23-27(25,26)18-10-8-14(3)9-11-18)20(24)22-15(4)16-6-5-7-17(21)12-16/h5-13,15,19,23H,1-4H3,(H,22,24)/t15-,19+/m1/s1. The molecule has 1 amide bonds. The molecule has 0 saturated carbocycles. The minimum absolute atomic E-state index is 0.134. The Morgan fingerprint density at radius 3 is 2.22 bits per heavy atom. The summed E-state index contributed by atoms with van der Waals surface area (Å²) < 4.78 is 27.8. The second-order valence-corrected chi connectivity index (χ2v) is 9.09. The minimum Gasteiger partial charge on any atom is -0.348 e. The van der Waals surface area contributed by atoms with Gasteiger partial charge in [-0.25, -0.2) is 8.42 Å². The van der Waals surface area contributed by atoms with Gasteiger partial charge in [0.2, 0.25) is 15.9 Å². The Balaban J connectivity index is 2.16. The molecule has 2 aromatic carbocycles. The number of hydrogen-bond donors (Lipinski definition) is 2. The molecule has 5 nitrogen and oxygen atoms in total. The number of aryl methyl sites for hydroxylation is 1. The highest BCUT2D eigenvalue weighted by Gasteiger charge is 2.29. The van der Waals surface area contributed by atoms with Gasteiger partial charge in [0.15, 0.2) is 0 Å². The normalized spacial score (nSPS) is 14.0. The van der Waals surface area contributed by atoms with Gasteiger partial charge in [0, 0.05) is 5.02 Å². The summed E-state index contributed by atoms with van der Waals surface area (Å²) in [5, 5.41) is 3.44. The predicted octanol–water partition coefficient (Wildman–Crippen LogP) is 3.83. The van der Waals surface area contributed by atoms with Gasteiger partial charge in [-0.05, 0) is 49.6 Å². The Hall–Kier alpha value is -1.89. The molecule has 2 aromatic rings. The molecular formula is C20H25ClN2O3S. The molecule has 2 N–H and O–H groups in total. The molecule has 0 radical (unpaired) electrons. The average Bonchev–Trinajstić information content (AvgIpc) is 2.59. The van der Waals surface area contributed by atoms with Crippen molar-refractivity contribution in [2.75, 3.05) is 0 Å². The van der Waals surface area contributed by atoms with Crippen LogP contribution in [-0.2, 0) is 14.8 Å². The van der Waals surface area contributed by atoms with E-state index in [4.69, 9.17) is 11.6 Å². The predicted molar refractivity (Wildman–Crippen MR) is 108 cm³/mol. The average molecular weight is 409 g/mol. The van der Waals surface area contributed by atoms with E-state index in [1.54, 1.807) is 44.2 Å². The Labute approximate surface area is 166 Å². The van der Waals surface area contributed by atoms with Crippen LogP contribution in [0.15, 0.2) is 53.4 Å². The fourth-order valence-electron chi connectivity index (χ4n) is 2.61. The molecule has 0 aliphatic carbocycles. The van der Waals surface area contributed by atoms with Crippen molar-refractivity contribution in [2.45, 2.75) is 44.7 Å². The summed E-state index contributed by atoms with van der Waals surface area (Å²) in [6, 6.07) is 12.5. The summed E-state index contributed by atoms with van der Waals surface area (Å²) >= 11 is 6.00. The number of halogens is 1. The molecule has 146 valence electrons. The third kappa shape index (κ3) is 5.79. The van der Waals surface area contributed by atoms with E-state index in [9.17, 15) is 13.2 Å². The lowest BCUT2D eigenvalue weighted by Gasteiger charge is -2.24. The van der Waals surface area contributed by atoms with Crippen molar-refractivity contribution in [1.82, 2.24) is 10.0 Å². The third-order valence-electron chi connectivity index (χ3n) is 4.27. The van der Waals surface area contributed by atoms with Crippen LogP contribution in [0.4, 0.5) is 0 Å². The molecule has 0 unspecified atom stereocenters. The Kier molecular flexibility index (Phi) is 7.03. The van der Waals surface area contributed by atoms with E-state index in [2.05, 4.69) is 10.0 Å². The van der Waals surface area contributed by atoms with Gasteiger partial charge in [-0.1, -0.05) is 55.3 Å². The Morgan fingerprint density at radius 1 is 1.04 bits per heavy atom. The maximum Gasteiger partial charge on any atom is 0.241 e. The van der Waals surface area contributed by atoms with Gasteiger partial charge in [-0.2, -0.15) is 4.72 Å². The zero-order valence-corrected chi connectivity index (χ0v) is 17.4. The van der Waals surface area contributed by atoms with Crippen molar-refractivity contribution < 1.29 is 13.2 Å². The highest BCUT2D eigenvalue weighted by molar-refractivity contribution is 7.89. The van der Waals surface area contributed by atoms with E-state index in [1.165, 1.54) is 12.1 Å². The quantitative estimate of drug-likeness (QED) is 0.731. The lowest BCUT2D eigenvalue weighted by atomic mass is 10.0. The van der Waals surface area contributed by atoms with Crippen molar-refractivity contribution in [3.8, 4) is 0 Å². The lowest BCUT2D eigenvalue weighted by molar-refractivity contribution is -0.124. The van der Waals surface area contributed by atoms with Crippen LogP contribution in [0.1, 0.15) is 37.9 Å². The van der Waals surface area contributed by atoms with Crippen LogP contribution >= 0.6 is 11.6 Å². The number of carbonyl (C=O) groups is 1. The second-order valence-electron chi connectivity index (χ2n) is 6.94. The van der Waals surface area contributed by atoms with Crippen LogP contribution in [0.5, 0.6) is 0 Å². The summed E-state index contributed by atoms with van der Waals surface area (Å²) in [4.78, 5) is 12.9. The van der Waals surface area contributed by atoms with Gasteiger partial charge >= 0.3 is 0 Å². The first-order valence-electron chi connectivity index (χ1n) is 8.75. The Bertz CT molecular complexity index is 896. The summed E-state index contributed by atoms with van der Waals surface area (Å²) in [6.45, 7) is 7.30. The molecule has 2 rings (SSSR count). The molecule has 0 fully saturated rings. The number of hydrogen-bond acceptors (Lipinski definition) is 3. The minimum atomic E-state index is -3.81. The van der Waals surface area contributed by atoms with Crippen molar-refractivity contribution >= 4 is 27.5 Å². The second kappa shape index (κ2) is 8.87. The molecular weight excluding hydrogens is 384 g/mol. The van der Waals surface area contributed by atoms with Crippen molar-refractivity contribution in [1.29, 1.82) is 0 Å². The molecule has 0 heterocycles. The van der Waals surface area contributed by atoms with Gasteiger partial charge in [-0.15, -0.1) is 0 Å². The van der Waals surface area contributed by atoms with Gasteiger partial charge < -0.3 is 5.32 Å². The molecule has 0 saturated heterocycles. The largest absolute Gasteiger partial charge is 0.348 e. The fourth-order valence-corrected chi connectivity index (χ4v) is 4.15. The monoisotopic (exact) mass is 408 g/mol. The maximum absolute atomic E-state index is 12.7. The van der Waals surface area contributed by atoms with Crippen molar-refractivity contribution in [3.05, 3.63) is 64.7 Å². The van der Waals surface area contributed by atoms with Crippen LogP contribution in [0, 0.1) is 12.8 Å². The van der Waals surface area contributed by atoms with Gasteiger partial charge in [-0.3, -0.25) is 4.79 Å². The first kappa shape index (κ1) is 21.4. The smallest absolute Gasteiger partial charge is 0.241 e. The van der Waals surface area contributed by atoms with Crippen LogP contribution in [0.25, 0.3) is 0 Å². The molecule has 27 heavy (non-hydrogen) atoms. The van der Waals surface area contributed by atoms with Crippen LogP contribution in [0.3, 0.4) is 0 Å². The molecule has 7 heteroatoms. The number of benzene rings is 2. The number of amides is 1. The number of sulfonamides is 1. The van der Waals surface area contributed by atoms with E-state index < -0.39 is 16.1 Å². The van der Waals surface area contributed by atoms with Gasteiger partial charge in [0.05, 0.1) is 10.9 Å². The zero-order valence-electron chi connectivity index (χ0n) is 15.9. The van der Waals surface area contributed by atoms with E-state index in [0.29, 0.717) is 5.02 Å². The number of rotatable bonds is 7. The third-order valence-corrected chi connectivity index (χ3v) is 5.96. The fraction of sp³-hybridized carbons (Fsp3) is 0.350. The van der Waals surface area contributed by atoms with Gasteiger partial charge in [0.25, 0.3) is 0 Å². The van der Waals surface area contributed by atoms with Crippen molar-refractivity contribution in [3.63, 3.8) is 0 Å². The van der Waals surface area contributed by atoms with Gasteiger partial charge in [0.1, 0.15) is 6.04 Å². The molecule has 0 aliphatic heterocycles. The van der Waals surface area contributed by atoms with Crippen LogP contribution in [-0.4, -0.2) is 20.4 Å². The van der Waals surface area contributed by atoms with E-state index in [-0.39, 0.29) is 22.8 Å². The van der Waals surface area contributed by atoms with Crippen LogP contribution < -0.4 is 10.0 Å².